The molecule has 1 saturated heterocycles. The van der Waals surface area contributed by atoms with Crippen molar-refractivity contribution in [2.24, 2.45) is 0 Å². The van der Waals surface area contributed by atoms with Crippen LogP contribution in [-0.4, -0.2) is 98.7 Å². The fraction of sp³-hybridized carbons (Fsp3) is 0.945. The summed E-state index contributed by atoms with van der Waals surface area (Å²) in [6.07, 6.45) is 44.8. The Kier molecular flexibility index (Phi) is 43.2. The third kappa shape index (κ3) is 34.8. The number of hydrogen-bond acceptors (Lipinski definition) is 9. The van der Waals surface area contributed by atoms with E-state index in [1.54, 1.807) is 6.08 Å². The van der Waals surface area contributed by atoms with Gasteiger partial charge < -0.3 is 45.4 Å². The second-order valence-corrected chi connectivity index (χ2v) is 19.9. The van der Waals surface area contributed by atoms with E-state index >= 15 is 0 Å². The summed E-state index contributed by atoms with van der Waals surface area (Å²) in [7, 11) is 0. The molecule has 8 unspecified atom stereocenters. The highest BCUT2D eigenvalue weighted by Crippen LogP contribution is 2.23. The summed E-state index contributed by atoms with van der Waals surface area (Å²) in [5.41, 5.74) is 0. The molecule has 386 valence electrons. The molecule has 1 heterocycles. The van der Waals surface area contributed by atoms with Crippen LogP contribution in [0.2, 0.25) is 0 Å². The molecule has 0 aromatic carbocycles. The van der Waals surface area contributed by atoms with Crippen molar-refractivity contribution in [3.8, 4) is 0 Å². The van der Waals surface area contributed by atoms with E-state index in [4.69, 9.17) is 9.47 Å². The molecule has 1 rings (SSSR count). The molecule has 1 aliphatic rings. The smallest absolute Gasteiger partial charge is 0.249 e. The van der Waals surface area contributed by atoms with Gasteiger partial charge in [0, 0.05) is 0 Å². The minimum atomic E-state index is -1.61. The molecule has 0 spiro atoms. The quantitative estimate of drug-likeness (QED) is 0.0232. The standard InChI is InChI=1S/C55H107NO9/c1-3-5-7-9-11-13-15-16-17-18-19-20-21-22-23-24-25-26-27-28-29-30-31-32-34-36-38-40-42-44-49(59)54(63)56-47(46-64-55-53(62)52(61)51(60)50(45-57)65-55)48(58)43-41-39-37-35-33-14-12-10-8-6-4-2/h41,43,47-53,55,57-62H,3-40,42,44-46H2,1-2H3,(H,56,63)/b43-41+. The number of carbonyl (C=O) groups is 1. The predicted molar refractivity (Wildman–Crippen MR) is 269 cm³/mol. The molecule has 10 heteroatoms. The molecule has 10 nitrogen and oxygen atoms in total. The number of aliphatic hydroxyl groups excluding tert-OH is 6. The highest BCUT2D eigenvalue weighted by molar-refractivity contribution is 5.80. The van der Waals surface area contributed by atoms with Crippen molar-refractivity contribution in [1.29, 1.82) is 0 Å². The van der Waals surface area contributed by atoms with Crippen molar-refractivity contribution in [3.63, 3.8) is 0 Å². The van der Waals surface area contributed by atoms with E-state index < -0.39 is 61.5 Å². The molecule has 1 amide bonds. The highest BCUT2D eigenvalue weighted by Gasteiger charge is 2.44. The van der Waals surface area contributed by atoms with Crippen LogP contribution in [-0.2, 0) is 14.3 Å². The minimum Gasteiger partial charge on any atom is -0.394 e. The zero-order valence-electron chi connectivity index (χ0n) is 42.4. The number of allylic oxidation sites excluding steroid dienone is 1. The van der Waals surface area contributed by atoms with E-state index in [1.165, 1.54) is 205 Å². The number of amides is 1. The topological polar surface area (TPSA) is 169 Å². The molecule has 8 atom stereocenters. The highest BCUT2D eigenvalue weighted by atomic mass is 16.7. The molecule has 1 fully saturated rings. The van der Waals surface area contributed by atoms with Gasteiger partial charge in [0.25, 0.3) is 0 Å². The molecule has 1 aliphatic heterocycles. The van der Waals surface area contributed by atoms with Crippen molar-refractivity contribution >= 4 is 5.91 Å². The fourth-order valence-electron chi connectivity index (χ4n) is 9.17. The fourth-order valence-corrected chi connectivity index (χ4v) is 9.17. The zero-order chi connectivity index (χ0) is 47.4. The van der Waals surface area contributed by atoms with Gasteiger partial charge in [-0.25, -0.2) is 0 Å². The summed E-state index contributed by atoms with van der Waals surface area (Å²) in [5, 5.41) is 64.8. The molecule has 0 aliphatic carbocycles. The number of hydrogen-bond donors (Lipinski definition) is 7. The van der Waals surface area contributed by atoms with Crippen LogP contribution in [0, 0.1) is 0 Å². The summed E-state index contributed by atoms with van der Waals surface area (Å²) < 4.78 is 11.2. The molecule has 0 aromatic heterocycles. The Bertz CT molecular complexity index is 1050. The van der Waals surface area contributed by atoms with Crippen molar-refractivity contribution < 1.29 is 44.9 Å². The van der Waals surface area contributed by atoms with Crippen LogP contribution in [0.15, 0.2) is 12.2 Å². The Labute approximate surface area is 399 Å². The van der Waals surface area contributed by atoms with Crippen molar-refractivity contribution in [3.05, 3.63) is 12.2 Å². The van der Waals surface area contributed by atoms with Gasteiger partial charge in [-0.15, -0.1) is 0 Å². The lowest BCUT2D eigenvalue weighted by Crippen LogP contribution is -2.60. The summed E-state index contributed by atoms with van der Waals surface area (Å²) in [6, 6.07) is -0.975. The maximum Gasteiger partial charge on any atom is 0.249 e. The van der Waals surface area contributed by atoms with Gasteiger partial charge in [0.05, 0.1) is 25.4 Å². The van der Waals surface area contributed by atoms with Gasteiger partial charge in [-0.05, 0) is 19.3 Å². The normalized spacial score (nSPS) is 20.4. The monoisotopic (exact) mass is 926 g/mol. The SMILES string of the molecule is CCCCCCCCCCC/C=C/C(O)C(COC1OC(CO)C(O)C(O)C1O)NC(=O)C(O)CCCCCCCCCCCCCCCCCCCCCCCCCCCCCCC. The first-order valence-corrected chi connectivity index (χ1v) is 28.0. The van der Waals surface area contributed by atoms with Gasteiger partial charge in [-0.3, -0.25) is 4.79 Å². The third-order valence-corrected chi connectivity index (χ3v) is 13.7. The third-order valence-electron chi connectivity index (χ3n) is 13.7. The van der Waals surface area contributed by atoms with Gasteiger partial charge in [-0.2, -0.15) is 0 Å². The number of nitrogens with one attached hydrogen (secondary N) is 1. The molecule has 0 aromatic rings. The first-order chi connectivity index (χ1) is 31.8. The molecular formula is C55H107NO9. The number of rotatable bonds is 48. The number of unbranched alkanes of at least 4 members (excludes halogenated alkanes) is 37. The van der Waals surface area contributed by atoms with E-state index in [-0.39, 0.29) is 6.61 Å². The van der Waals surface area contributed by atoms with E-state index in [9.17, 15) is 35.4 Å². The summed E-state index contributed by atoms with van der Waals surface area (Å²) in [5.74, 6) is -0.612. The summed E-state index contributed by atoms with van der Waals surface area (Å²) >= 11 is 0. The van der Waals surface area contributed by atoms with E-state index in [0.717, 1.165) is 44.9 Å². The van der Waals surface area contributed by atoms with E-state index in [1.807, 2.05) is 6.08 Å². The van der Waals surface area contributed by atoms with Gasteiger partial charge >= 0.3 is 0 Å². The number of aliphatic hydroxyl groups is 6. The second-order valence-electron chi connectivity index (χ2n) is 19.9. The van der Waals surface area contributed by atoms with Crippen LogP contribution in [0.4, 0.5) is 0 Å². The van der Waals surface area contributed by atoms with Gasteiger partial charge in [0.2, 0.25) is 5.91 Å². The van der Waals surface area contributed by atoms with Crippen LogP contribution < -0.4 is 5.32 Å². The maximum absolute atomic E-state index is 13.1. The largest absolute Gasteiger partial charge is 0.394 e. The van der Waals surface area contributed by atoms with Crippen LogP contribution in [0.1, 0.15) is 271 Å². The van der Waals surface area contributed by atoms with Crippen LogP contribution in [0.25, 0.3) is 0 Å². The number of carbonyl (C=O) groups excluding carboxylic acids is 1. The lowest BCUT2D eigenvalue weighted by molar-refractivity contribution is -0.302. The molecular weight excluding hydrogens is 819 g/mol. The van der Waals surface area contributed by atoms with Crippen LogP contribution in [0.5, 0.6) is 0 Å². The average Bonchev–Trinajstić information content (AvgIpc) is 3.31. The predicted octanol–water partition coefficient (Wildman–Crippen LogP) is 12.2. The minimum absolute atomic E-state index is 0.301. The second kappa shape index (κ2) is 45.3. The van der Waals surface area contributed by atoms with Crippen LogP contribution in [0.3, 0.4) is 0 Å². The first-order valence-electron chi connectivity index (χ1n) is 28.0. The Morgan fingerprint density at radius 1 is 0.523 bits per heavy atom. The maximum atomic E-state index is 13.1. The van der Waals surface area contributed by atoms with Crippen molar-refractivity contribution in [2.75, 3.05) is 13.2 Å². The lowest BCUT2D eigenvalue weighted by atomic mass is 9.99. The van der Waals surface area contributed by atoms with Crippen LogP contribution >= 0.6 is 0 Å². The first kappa shape index (κ1) is 61.9. The lowest BCUT2D eigenvalue weighted by Gasteiger charge is -2.40. The summed E-state index contributed by atoms with van der Waals surface area (Å²) in [4.78, 5) is 13.1. The zero-order valence-corrected chi connectivity index (χ0v) is 42.4. The molecule has 7 N–H and O–H groups in total. The Balaban J connectivity index is 2.16. The van der Waals surface area contributed by atoms with Crippen molar-refractivity contribution in [1.82, 2.24) is 5.32 Å². The molecule has 65 heavy (non-hydrogen) atoms. The van der Waals surface area contributed by atoms with E-state index in [0.29, 0.717) is 6.42 Å². The Hall–Kier alpha value is -1.11. The molecule has 0 radical (unpaired) electrons. The number of ether oxygens (including phenoxy) is 2. The van der Waals surface area contributed by atoms with Gasteiger partial charge in [-0.1, -0.05) is 264 Å². The molecule has 0 bridgehead atoms. The Morgan fingerprint density at radius 2 is 0.877 bits per heavy atom. The van der Waals surface area contributed by atoms with E-state index in [2.05, 4.69) is 19.2 Å². The average molecular weight is 926 g/mol. The molecule has 0 saturated carbocycles. The Morgan fingerprint density at radius 3 is 1.25 bits per heavy atom. The summed E-state index contributed by atoms with van der Waals surface area (Å²) in [6.45, 7) is 3.62. The van der Waals surface area contributed by atoms with Gasteiger partial charge in [0.15, 0.2) is 6.29 Å². The van der Waals surface area contributed by atoms with Gasteiger partial charge in [0.1, 0.15) is 30.5 Å². The van der Waals surface area contributed by atoms with Crippen molar-refractivity contribution in [2.45, 2.75) is 320 Å².